The molecule has 1 aromatic heterocycles. The van der Waals surface area contributed by atoms with Crippen LogP contribution in [0.1, 0.15) is 39.0 Å². The van der Waals surface area contributed by atoms with Gasteiger partial charge in [0.15, 0.2) is 0 Å². The van der Waals surface area contributed by atoms with E-state index in [0.717, 1.165) is 29.8 Å². The summed E-state index contributed by atoms with van der Waals surface area (Å²) in [4.78, 5) is 14.5. The second kappa shape index (κ2) is 5.17. The SMILES string of the molecule is CCc1ccccc1NC(=O)c1cc2c(s1)CCC2. The molecule has 1 amide bonds. The average Bonchev–Trinajstić information content (AvgIpc) is 3.00. The molecule has 19 heavy (non-hydrogen) atoms. The minimum Gasteiger partial charge on any atom is -0.321 e. The third-order valence-corrected chi connectivity index (χ3v) is 4.85. The topological polar surface area (TPSA) is 29.1 Å². The number of rotatable bonds is 3. The van der Waals surface area contributed by atoms with E-state index in [0.29, 0.717) is 0 Å². The van der Waals surface area contributed by atoms with Crippen LogP contribution in [-0.2, 0) is 19.3 Å². The van der Waals surface area contributed by atoms with Crippen LogP contribution >= 0.6 is 11.3 Å². The van der Waals surface area contributed by atoms with Crippen molar-refractivity contribution in [1.82, 2.24) is 0 Å². The van der Waals surface area contributed by atoms with Gasteiger partial charge < -0.3 is 5.32 Å². The number of thiophene rings is 1. The Kier molecular flexibility index (Phi) is 3.38. The molecule has 0 radical (unpaired) electrons. The Balaban J connectivity index is 1.80. The van der Waals surface area contributed by atoms with Gasteiger partial charge >= 0.3 is 0 Å². The van der Waals surface area contributed by atoms with Gasteiger partial charge in [0.1, 0.15) is 0 Å². The van der Waals surface area contributed by atoms with Gasteiger partial charge in [-0.2, -0.15) is 0 Å². The fourth-order valence-electron chi connectivity index (χ4n) is 2.58. The zero-order chi connectivity index (χ0) is 13.2. The number of hydrogen-bond acceptors (Lipinski definition) is 2. The third-order valence-electron chi connectivity index (χ3n) is 3.62. The molecule has 2 nitrogen and oxygen atoms in total. The van der Waals surface area contributed by atoms with Gasteiger partial charge in [0.25, 0.3) is 5.91 Å². The molecule has 0 spiro atoms. The van der Waals surface area contributed by atoms with Crippen molar-refractivity contribution < 1.29 is 4.79 Å². The standard InChI is InChI=1S/C16H17NOS/c1-2-11-6-3-4-8-13(11)17-16(18)15-10-12-7-5-9-14(12)19-15/h3-4,6,8,10H,2,5,7,9H2,1H3,(H,17,18). The highest BCUT2D eigenvalue weighted by atomic mass is 32.1. The molecule has 3 heteroatoms. The largest absolute Gasteiger partial charge is 0.321 e. The van der Waals surface area contributed by atoms with Crippen LogP contribution in [0.15, 0.2) is 30.3 Å². The van der Waals surface area contributed by atoms with Gasteiger partial charge in [-0.3, -0.25) is 4.79 Å². The smallest absolute Gasteiger partial charge is 0.265 e. The summed E-state index contributed by atoms with van der Waals surface area (Å²) in [5, 5.41) is 3.04. The minimum atomic E-state index is 0.0281. The summed E-state index contributed by atoms with van der Waals surface area (Å²) in [5.41, 5.74) is 3.49. The van der Waals surface area contributed by atoms with E-state index in [4.69, 9.17) is 0 Å². The van der Waals surface area contributed by atoms with Crippen molar-refractivity contribution in [2.75, 3.05) is 5.32 Å². The second-order valence-electron chi connectivity index (χ2n) is 4.88. The molecule has 0 aliphatic heterocycles. The molecule has 0 bridgehead atoms. The van der Waals surface area contributed by atoms with E-state index in [1.807, 2.05) is 18.2 Å². The van der Waals surface area contributed by atoms with Crippen molar-refractivity contribution in [1.29, 1.82) is 0 Å². The Morgan fingerprint density at radius 3 is 2.95 bits per heavy atom. The van der Waals surface area contributed by atoms with Crippen molar-refractivity contribution in [3.63, 3.8) is 0 Å². The molecule has 0 unspecified atom stereocenters. The molecule has 0 saturated carbocycles. The van der Waals surface area contributed by atoms with Crippen molar-refractivity contribution in [2.45, 2.75) is 32.6 Å². The number of nitrogens with one attached hydrogen (secondary N) is 1. The first-order valence-corrected chi connectivity index (χ1v) is 7.60. The van der Waals surface area contributed by atoms with Crippen molar-refractivity contribution in [3.8, 4) is 0 Å². The molecule has 1 aliphatic rings. The lowest BCUT2D eigenvalue weighted by atomic mass is 10.1. The number of benzene rings is 1. The molecule has 0 saturated heterocycles. The Labute approximate surface area is 117 Å². The van der Waals surface area contributed by atoms with Gasteiger partial charge in [0, 0.05) is 10.6 Å². The van der Waals surface area contributed by atoms with Gasteiger partial charge in [-0.05, 0) is 48.9 Å². The molecule has 1 aliphatic carbocycles. The number of carbonyl (C=O) groups excluding carboxylic acids is 1. The van der Waals surface area contributed by atoms with E-state index < -0.39 is 0 Å². The summed E-state index contributed by atoms with van der Waals surface area (Å²) < 4.78 is 0. The highest BCUT2D eigenvalue weighted by molar-refractivity contribution is 7.14. The number of para-hydroxylation sites is 1. The number of aryl methyl sites for hydroxylation is 3. The Morgan fingerprint density at radius 2 is 2.16 bits per heavy atom. The summed E-state index contributed by atoms with van der Waals surface area (Å²) in [5.74, 6) is 0.0281. The number of fused-ring (bicyclic) bond motifs is 1. The Hall–Kier alpha value is -1.61. The first-order valence-electron chi connectivity index (χ1n) is 6.78. The molecule has 0 fully saturated rings. The molecule has 1 aromatic carbocycles. The number of hydrogen-bond donors (Lipinski definition) is 1. The van der Waals surface area contributed by atoms with Crippen molar-refractivity contribution in [2.24, 2.45) is 0 Å². The first-order chi connectivity index (χ1) is 9.28. The molecule has 2 aromatic rings. The number of carbonyl (C=O) groups is 1. The van der Waals surface area contributed by atoms with Gasteiger partial charge in [-0.25, -0.2) is 0 Å². The summed E-state index contributed by atoms with van der Waals surface area (Å²) in [6.07, 6.45) is 4.43. The van der Waals surface area contributed by atoms with Crippen LogP contribution in [0, 0.1) is 0 Å². The van der Waals surface area contributed by atoms with E-state index in [-0.39, 0.29) is 5.91 Å². The fourth-order valence-corrected chi connectivity index (χ4v) is 3.72. The van der Waals surface area contributed by atoms with Crippen LogP contribution < -0.4 is 5.32 Å². The van der Waals surface area contributed by atoms with Gasteiger partial charge in [0.2, 0.25) is 0 Å². The first kappa shape index (κ1) is 12.4. The summed E-state index contributed by atoms with van der Waals surface area (Å²) >= 11 is 1.65. The van der Waals surface area contributed by atoms with E-state index in [9.17, 15) is 4.79 Å². The lowest BCUT2D eigenvalue weighted by Crippen LogP contribution is -2.11. The Bertz CT molecular complexity index is 593. The Morgan fingerprint density at radius 1 is 1.32 bits per heavy atom. The molecule has 0 atom stereocenters. The van der Waals surface area contributed by atoms with Crippen molar-refractivity contribution >= 4 is 22.9 Å². The summed E-state index contributed by atoms with van der Waals surface area (Å²) in [7, 11) is 0. The minimum absolute atomic E-state index is 0.0281. The zero-order valence-corrected chi connectivity index (χ0v) is 11.8. The maximum atomic E-state index is 12.3. The van der Waals surface area contributed by atoms with E-state index in [1.54, 1.807) is 11.3 Å². The number of amides is 1. The zero-order valence-electron chi connectivity index (χ0n) is 11.0. The van der Waals surface area contributed by atoms with Gasteiger partial charge in [-0.1, -0.05) is 25.1 Å². The van der Waals surface area contributed by atoms with Gasteiger partial charge in [-0.15, -0.1) is 11.3 Å². The molecular weight excluding hydrogens is 254 g/mol. The average molecular weight is 271 g/mol. The van der Waals surface area contributed by atoms with Crippen LogP contribution in [0.2, 0.25) is 0 Å². The molecule has 98 valence electrons. The highest BCUT2D eigenvalue weighted by Gasteiger charge is 2.18. The normalized spacial score (nSPS) is 13.3. The highest BCUT2D eigenvalue weighted by Crippen LogP contribution is 2.31. The lowest BCUT2D eigenvalue weighted by molar-refractivity contribution is 0.103. The lowest BCUT2D eigenvalue weighted by Gasteiger charge is -2.08. The quantitative estimate of drug-likeness (QED) is 0.896. The van der Waals surface area contributed by atoms with E-state index in [2.05, 4.69) is 24.4 Å². The third kappa shape index (κ3) is 2.43. The van der Waals surface area contributed by atoms with Crippen molar-refractivity contribution in [3.05, 3.63) is 51.2 Å². The van der Waals surface area contributed by atoms with Crippen LogP contribution in [0.4, 0.5) is 5.69 Å². The maximum absolute atomic E-state index is 12.3. The summed E-state index contributed by atoms with van der Waals surface area (Å²) in [6.45, 7) is 2.10. The molecular formula is C16H17NOS. The molecule has 3 rings (SSSR count). The predicted molar refractivity (Wildman–Crippen MR) is 80.1 cm³/mol. The van der Waals surface area contributed by atoms with E-state index in [1.165, 1.54) is 22.4 Å². The maximum Gasteiger partial charge on any atom is 0.265 e. The van der Waals surface area contributed by atoms with Crippen LogP contribution in [0.25, 0.3) is 0 Å². The summed E-state index contributed by atoms with van der Waals surface area (Å²) in [6, 6.07) is 10.1. The van der Waals surface area contributed by atoms with Gasteiger partial charge in [0.05, 0.1) is 4.88 Å². The van der Waals surface area contributed by atoms with Crippen LogP contribution in [0.3, 0.4) is 0 Å². The predicted octanol–water partition coefficient (Wildman–Crippen LogP) is 4.05. The van der Waals surface area contributed by atoms with Crippen LogP contribution in [0.5, 0.6) is 0 Å². The fraction of sp³-hybridized carbons (Fsp3) is 0.312. The monoisotopic (exact) mass is 271 g/mol. The molecule has 1 N–H and O–H groups in total. The second-order valence-corrected chi connectivity index (χ2v) is 6.01. The number of anilines is 1. The van der Waals surface area contributed by atoms with Crippen LogP contribution in [-0.4, -0.2) is 5.91 Å². The molecule has 1 heterocycles. The van der Waals surface area contributed by atoms with E-state index >= 15 is 0 Å².